The molecule has 9 nitrogen and oxygen atoms in total. The van der Waals surface area contributed by atoms with E-state index in [1.165, 1.54) is 6.20 Å². The largest absolute Gasteiger partial charge is 0.465 e. The molecule has 6 rings (SSSR count). The molecule has 0 bridgehead atoms. The summed E-state index contributed by atoms with van der Waals surface area (Å²) in [5.74, 6) is -1.98. The first-order valence-electron chi connectivity index (χ1n) is 10.6. The Labute approximate surface area is 176 Å². The van der Waals surface area contributed by atoms with Crippen LogP contribution in [-0.4, -0.2) is 55.4 Å². The van der Waals surface area contributed by atoms with Crippen molar-refractivity contribution in [2.24, 2.45) is 0 Å². The molecule has 3 atom stereocenters. The van der Waals surface area contributed by atoms with E-state index in [0.717, 1.165) is 37.7 Å². The van der Waals surface area contributed by atoms with Crippen molar-refractivity contribution in [3.05, 3.63) is 18.0 Å². The van der Waals surface area contributed by atoms with Crippen molar-refractivity contribution in [1.82, 2.24) is 20.2 Å². The molecular formula is C20H22F2N6O3. The van der Waals surface area contributed by atoms with Crippen molar-refractivity contribution in [3.8, 4) is 5.88 Å². The third-order valence-corrected chi connectivity index (χ3v) is 6.75. The van der Waals surface area contributed by atoms with E-state index in [0.29, 0.717) is 17.9 Å². The van der Waals surface area contributed by atoms with E-state index in [1.54, 1.807) is 11.1 Å². The Morgan fingerprint density at radius 2 is 2.13 bits per heavy atom. The van der Waals surface area contributed by atoms with Crippen LogP contribution in [0.3, 0.4) is 0 Å². The van der Waals surface area contributed by atoms with Crippen molar-refractivity contribution in [2.75, 3.05) is 10.2 Å². The molecule has 164 valence electrons. The smallest absolute Gasteiger partial charge is 0.288 e. The lowest BCUT2D eigenvalue weighted by atomic mass is 9.92. The highest BCUT2D eigenvalue weighted by atomic mass is 19.3. The Morgan fingerprint density at radius 1 is 1.32 bits per heavy atom. The number of H-pyrrole nitrogens is 1. The van der Waals surface area contributed by atoms with Crippen LogP contribution in [0.4, 0.5) is 26.2 Å². The highest BCUT2D eigenvalue weighted by molar-refractivity contribution is 6.09. The number of halogens is 2. The Balaban J connectivity index is 1.29. The molecule has 2 aromatic heterocycles. The van der Waals surface area contributed by atoms with Crippen molar-refractivity contribution in [2.45, 2.75) is 74.5 Å². The van der Waals surface area contributed by atoms with Gasteiger partial charge in [-0.3, -0.25) is 14.8 Å². The third kappa shape index (κ3) is 2.97. The monoisotopic (exact) mass is 432 g/mol. The van der Waals surface area contributed by atoms with Gasteiger partial charge in [0, 0.05) is 24.0 Å². The van der Waals surface area contributed by atoms with E-state index in [1.807, 2.05) is 0 Å². The van der Waals surface area contributed by atoms with Crippen LogP contribution in [0.15, 0.2) is 12.4 Å². The normalized spacial score (nSPS) is 29.7. The number of hydrogen-bond acceptors (Lipinski definition) is 7. The number of aliphatic hydroxyl groups is 1. The number of hydrogen-bond donors (Lipinski definition) is 3. The highest BCUT2D eigenvalue weighted by Gasteiger charge is 2.62. The van der Waals surface area contributed by atoms with E-state index < -0.39 is 23.5 Å². The zero-order chi connectivity index (χ0) is 21.4. The van der Waals surface area contributed by atoms with E-state index in [2.05, 4.69) is 25.5 Å². The number of anilines is 3. The Kier molecular flexibility index (Phi) is 3.87. The number of carbonyl (C=O) groups excluding carboxylic acids is 1. The van der Waals surface area contributed by atoms with Crippen LogP contribution < -0.4 is 15.0 Å². The van der Waals surface area contributed by atoms with Crippen LogP contribution in [0.1, 0.15) is 50.5 Å². The number of aliphatic hydroxyl groups excluding tert-OH is 1. The lowest BCUT2D eigenvalue weighted by Gasteiger charge is -2.33. The van der Waals surface area contributed by atoms with Crippen LogP contribution in [-0.2, 0) is 10.2 Å². The lowest BCUT2D eigenvalue weighted by Crippen LogP contribution is -2.44. The maximum atomic E-state index is 13.3. The van der Waals surface area contributed by atoms with Gasteiger partial charge in [0.15, 0.2) is 6.10 Å². The number of fused-ring (bicyclic) bond motifs is 2. The minimum absolute atomic E-state index is 0.0215. The summed E-state index contributed by atoms with van der Waals surface area (Å²) >= 11 is 0. The number of rotatable bonds is 5. The van der Waals surface area contributed by atoms with E-state index in [4.69, 9.17) is 4.74 Å². The fraction of sp³-hybridized carbons (Fsp3) is 0.600. The number of aromatic nitrogens is 4. The molecule has 1 spiro atoms. The summed E-state index contributed by atoms with van der Waals surface area (Å²) < 4.78 is 31.7. The van der Waals surface area contributed by atoms with Gasteiger partial charge >= 0.3 is 0 Å². The summed E-state index contributed by atoms with van der Waals surface area (Å²) in [6.07, 6.45) is 5.72. The Hall–Kier alpha value is -2.82. The first-order chi connectivity index (χ1) is 14.9. The molecule has 3 fully saturated rings. The topological polar surface area (TPSA) is 116 Å². The maximum absolute atomic E-state index is 13.3. The zero-order valence-corrected chi connectivity index (χ0v) is 16.6. The Bertz CT molecular complexity index is 1060. The van der Waals surface area contributed by atoms with Gasteiger partial charge in [-0.25, -0.2) is 13.8 Å². The standard InChI is InChI=1S/C20H22F2N6O3/c21-20(22)7-14(20)31-16-13(9-24-27-16)25-18-23-8-12-15(26-18)28(17(30)19(12)4-5-19)10-2-1-3-11(29)6-10/h8-11,14,29H,1-7H2,(H,24,27)(H,23,25,26)/t10-,11-,14-/m1/s1. The second kappa shape index (κ2) is 6.35. The van der Waals surface area contributed by atoms with Crippen LogP contribution in [0.5, 0.6) is 5.88 Å². The summed E-state index contributed by atoms with van der Waals surface area (Å²) in [5.41, 5.74) is 0.634. The minimum atomic E-state index is -2.83. The van der Waals surface area contributed by atoms with Gasteiger partial charge < -0.3 is 15.2 Å². The second-order valence-electron chi connectivity index (χ2n) is 8.96. The molecule has 3 N–H and O–H groups in total. The average Bonchev–Trinajstić information content (AvgIpc) is 3.56. The molecule has 11 heteroatoms. The number of alkyl halides is 2. The van der Waals surface area contributed by atoms with Gasteiger partial charge in [-0.15, -0.1) is 5.10 Å². The lowest BCUT2D eigenvalue weighted by molar-refractivity contribution is -0.121. The quantitative estimate of drug-likeness (QED) is 0.664. The van der Waals surface area contributed by atoms with Gasteiger partial charge in [0.25, 0.3) is 11.8 Å². The molecule has 0 unspecified atom stereocenters. The SMILES string of the molecule is O=C1N([C@@H]2CCC[C@@H](O)C2)c2nc(Nc3c[nH]nc3O[C@@H]3CC3(F)F)ncc2C12CC2. The van der Waals surface area contributed by atoms with Gasteiger partial charge in [0.05, 0.1) is 17.9 Å². The van der Waals surface area contributed by atoms with E-state index in [9.17, 15) is 18.7 Å². The van der Waals surface area contributed by atoms with E-state index >= 15 is 0 Å². The van der Waals surface area contributed by atoms with Crippen LogP contribution in [0.25, 0.3) is 0 Å². The average molecular weight is 432 g/mol. The first kappa shape index (κ1) is 18.9. The number of aromatic amines is 1. The maximum Gasteiger partial charge on any atom is 0.288 e. The number of amides is 1. The molecule has 0 radical (unpaired) electrons. The third-order valence-electron chi connectivity index (χ3n) is 6.75. The summed E-state index contributed by atoms with van der Waals surface area (Å²) in [5, 5.41) is 19.6. The highest BCUT2D eigenvalue weighted by Crippen LogP contribution is 2.57. The predicted octanol–water partition coefficient (Wildman–Crippen LogP) is 2.41. The van der Waals surface area contributed by atoms with Crippen LogP contribution >= 0.6 is 0 Å². The molecule has 3 aliphatic carbocycles. The molecule has 31 heavy (non-hydrogen) atoms. The van der Waals surface area contributed by atoms with Crippen LogP contribution in [0.2, 0.25) is 0 Å². The van der Waals surface area contributed by atoms with Crippen molar-refractivity contribution < 1.29 is 23.4 Å². The summed E-state index contributed by atoms with van der Waals surface area (Å²) in [7, 11) is 0. The minimum Gasteiger partial charge on any atom is -0.465 e. The number of nitrogens with one attached hydrogen (secondary N) is 2. The van der Waals surface area contributed by atoms with Gasteiger partial charge in [0.1, 0.15) is 11.5 Å². The summed E-state index contributed by atoms with van der Waals surface area (Å²) in [6.45, 7) is 0. The molecule has 2 aromatic rings. The predicted molar refractivity (Wildman–Crippen MR) is 105 cm³/mol. The summed E-state index contributed by atoms with van der Waals surface area (Å²) in [4.78, 5) is 24.0. The van der Waals surface area contributed by atoms with Gasteiger partial charge in [0.2, 0.25) is 11.9 Å². The molecule has 4 aliphatic rings. The second-order valence-corrected chi connectivity index (χ2v) is 8.96. The molecule has 1 aliphatic heterocycles. The van der Waals surface area contributed by atoms with Crippen LogP contribution in [0, 0.1) is 0 Å². The zero-order valence-electron chi connectivity index (χ0n) is 16.6. The van der Waals surface area contributed by atoms with Crippen molar-refractivity contribution in [3.63, 3.8) is 0 Å². The number of ether oxygens (including phenoxy) is 1. The van der Waals surface area contributed by atoms with E-state index in [-0.39, 0.29) is 30.2 Å². The van der Waals surface area contributed by atoms with Gasteiger partial charge in [-0.05, 0) is 38.5 Å². The molecular weight excluding hydrogens is 410 g/mol. The van der Waals surface area contributed by atoms with Crippen molar-refractivity contribution >= 4 is 23.4 Å². The Morgan fingerprint density at radius 3 is 2.84 bits per heavy atom. The fourth-order valence-electron chi connectivity index (χ4n) is 4.74. The number of nitrogens with zero attached hydrogens (tertiary/aromatic N) is 4. The fourth-order valence-corrected chi connectivity index (χ4v) is 4.74. The van der Waals surface area contributed by atoms with Gasteiger partial charge in [-0.2, -0.15) is 4.98 Å². The van der Waals surface area contributed by atoms with Gasteiger partial charge in [-0.1, -0.05) is 0 Å². The first-order valence-corrected chi connectivity index (χ1v) is 10.6. The molecule has 3 heterocycles. The molecule has 3 saturated carbocycles. The molecule has 0 aromatic carbocycles. The molecule has 0 saturated heterocycles. The van der Waals surface area contributed by atoms with Crippen molar-refractivity contribution in [1.29, 1.82) is 0 Å². The summed E-state index contributed by atoms with van der Waals surface area (Å²) in [6, 6.07) is -0.0948. The number of carbonyl (C=O) groups is 1. The molecule has 1 amide bonds.